The quantitative estimate of drug-likeness (QED) is 0.742. The van der Waals surface area contributed by atoms with E-state index in [1.807, 2.05) is 24.3 Å². The van der Waals surface area contributed by atoms with Crippen LogP contribution in [0.1, 0.15) is 18.4 Å². The molecule has 3 rings (SSSR count). The molecule has 0 bridgehead atoms. The van der Waals surface area contributed by atoms with E-state index in [1.165, 1.54) is 6.92 Å². The second-order valence-electron chi connectivity index (χ2n) is 5.38. The van der Waals surface area contributed by atoms with Crippen LogP contribution in [0.5, 0.6) is 0 Å². The van der Waals surface area contributed by atoms with Crippen LogP contribution in [0.3, 0.4) is 0 Å². The summed E-state index contributed by atoms with van der Waals surface area (Å²) in [5.41, 5.74) is 2.39. The van der Waals surface area contributed by atoms with E-state index in [-0.39, 0.29) is 11.8 Å². The molecule has 2 amide bonds. The second kappa shape index (κ2) is 7.23. The smallest absolute Gasteiger partial charge is 0.224 e. The molecule has 0 unspecified atom stereocenters. The number of hydrogen-bond acceptors (Lipinski definition) is 4. The monoisotopic (exact) mass is 339 g/mol. The molecule has 1 heterocycles. The molecular formula is C18H17N3O2S. The number of carbonyl (C=O) groups is 2. The van der Waals surface area contributed by atoms with Crippen LogP contribution >= 0.6 is 11.3 Å². The van der Waals surface area contributed by atoms with Crippen molar-refractivity contribution in [2.75, 3.05) is 10.6 Å². The van der Waals surface area contributed by atoms with Crippen molar-refractivity contribution in [3.63, 3.8) is 0 Å². The van der Waals surface area contributed by atoms with Crippen molar-refractivity contribution < 1.29 is 9.59 Å². The first-order valence-electron chi connectivity index (χ1n) is 7.62. The Bertz CT molecular complexity index is 838. The standard InChI is InChI=1S/C18H17N3O2S/c1-12(22)19-13-6-8-14(9-7-13)20-17(23)10-11-18-21-15-4-2-3-5-16(15)24-18/h2-9H,10-11H2,1H3,(H,19,22)(H,20,23). The predicted octanol–water partition coefficient (Wildman–Crippen LogP) is 3.83. The van der Waals surface area contributed by atoms with Gasteiger partial charge in [0.1, 0.15) is 0 Å². The van der Waals surface area contributed by atoms with Crippen molar-refractivity contribution in [1.82, 2.24) is 4.98 Å². The number of aryl methyl sites for hydroxylation is 1. The average molecular weight is 339 g/mol. The molecule has 0 saturated heterocycles. The number of nitrogens with zero attached hydrogens (tertiary/aromatic N) is 1. The number of rotatable bonds is 5. The Kier molecular flexibility index (Phi) is 4.86. The number of benzene rings is 2. The molecule has 5 nitrogen and oxygen atoms in total. The number of fused-ring (bicyclic) bond motifs is 1. The molecular weight excluding hydrogens is 322 g/mol. The summed E-state index contributed by atoms with van der Waals surface area (Å²) in [6, 6.07) is 15.0. The van der Waals surface area contributed by atoms with Gasteiger partial charge in [-0.05, 0) is 36.4 Å². The summed E-state index contributed by atoms with van der Waals surface area (Å²) in [4.78, 5) is 27.6. The van der Waals surface area contributed by atoms with Gasteiger partial charge >= 0.3 is 0 Å². The van der Waals surface area contributed by atoms with E-state index in [4.69, 9.17) is 0 Å². The molecule has 0 spiro atoms. The van der Waals surface area contributed by atoms with Gasteiger partial charge < -0.3 is 10.6 Å². The van der Waals surface area contributed by atoms with E-state index >= 15 is 0 Å². The molecule has 0 aliphatic carbocycles. The van der Waals surface area contributed by atoms with Gasteiger partial charge in [-0.25, -0.2) is 4.98 Å². The number of anilines is 2. The molecule has 2 N–H and O–H groups in total. The van der Waals surface area contributed by atoms with Gasteiger partial charge in [-0.1, -0.05) is 12.1 Å². The fourth-order valence-corrected chi connectivity index (χ4v) is 3.28. The summed E-state index contributed by atoms with van der Waals surface area (Å²) in [7, 11) is 0. The molecule has 3 aromatic rings. The molecule has 0 atom stereocenters. The van der Waals surface area contributed by atoms with Crippen LogP contribution in [0, 0.1) is 0 Å². The van der Waals surface area contributed by atoms with Crippen molar-refractivity contribution in [3.05, 3.63) is 53.5 Å². The Morgan fingerprint density at radius 1 is 1.00 bits per heavy atom. The highest BCUT2D eigenvalue weighted by Gasteiger charge is 2.07. The van der Waals surface area contributed by atoms with Gasteiger partial charge in [-0.15, -0.1) is 11.3 Å². The van der Waals surface area contributed by atoms with Crippen molar-refractivity contribution >= 4 is 44.7 Å². The molecule has 0 aliphatic rings. The first-order valence-corrected chi connectivity index (χ1v) is 8.44. The normalized spacial score (nSPS) is 10.5. The Labute approximate surface area is 143 Å². The van der Waals surface area contributed by atoms with Crippen LogP contribution in [-0.2, 0) is 16.0 Å². The third-order valence-corrected chi connectivity index (χ3v) is 4.49. The van der Waals surface area contributed by atoms with Gasteiger partial charge in [-0.2, -0.15) is 0 Å². The van der Waals surface area contributed by atoms with Gasteiger partial charge in [0, 0.05) is 31.1 Å². The Morgan fingerprint density at radius 2 is 1.67 bits per heavy atom. The maximum atomic E-state index is 12.1. The van der Waals surface area contributed by atoms with Crippen LogP contribution in [0.4, 0.5) is 11.4 Å². The molecule has 1 aromatic heterocycles. The summed E-state index contributed by atoms with van der Waals surface area (Å²) in [6.07, 6.45) is 1.00. The minimum absolute atomic E-state index is 0.0541. The molecule has 0 fully saturated rings. The minimum Gasteiger partial charge on any atom is -0.326 e. The zero-order valence-electron chi connectivity index (χ0n) is 13.2. The summed E-state index contributed by atoms with van der Waals surface area (Å²) in [5, 5.41) is 6.50. The first kappa shape index (κ1) is 16.1. The second-order valence-corrected chi connectivity index (χ2v) is 6.50. The zero-order chi connectivity index (χ0) is 16.9. The topological polar surface area (TPSA) is 71.1 Å². The minimum atomic E-state index is -0.123. The predicted molar refractivity (Wildman–Crippen MR) is 97.3 cm³/mol. The van der Waals surface area contributed by atoms with Crippen LogP contribution in [0.2, 0.25) is 0 Å². The molecule has 6 heteroatoms. The Balaban J connectivity index is 1.54. The largest absolute Gasteiger partial charge is 0.326 e. The zero-order valence-corrected chi connectivity index (χ0v) is 14.0. The summed E-state index contributed by atoms with van der Waals surface area (Å²) in [6.45, 7) is 1.46. The lowest BCUT2D eigenvalue weighted by Crippen LogP contribution is -2.12. The van der Waals surface area contributed by atoms with Gasteiger partial charge in [-0.3, -0.25) is 9.59 Å². The van der Waals surface area contributed by atoms with Crippen LogP contribution < -0.4 is 10.6 Å². The number of amides is 2. The fourth-order valence-electron chi connectivity index (χ4n) is 2.31. The van der Waals surface area contributed by atoms with Crippen LogP contribution in [0.25, 0.3) is 10.2 Å². The van der Waals surface area contributed by atoms with E-state index in [0.29, 0.717) is 24.2 Å². The lowest BCUT2D eigenvalue weighted by atomic mass is 10.2. The molecule has 2 aromatic carbocycles. The van der Waals surface area contributed by atoms with Gasteiger partial charge in [0.05, 0.1) is 15.2 Å². The highest BCUT2D eigenvalue weighted by Crippen LogP contribution is 2.22. The Hall–Kier alpha value is -2.73. The van der Waals surface area contributed by atoms with E-state index in [9.17, 15) is 9.59 Å². The van der Waals surface area contributed by atoms with Crippen molar-refractivity contribution in [2.24, 2.45) is 0 Å². The average Bonchev–Trinajstić information content (AvgIpc) is 2.97. The van der Waals surface area contributed by atoms with Crippen molar-refractivity contribution in [1.29, 1.82) is 0 Å². The van der Waals surface area contributed by atoms with E-state index in [0.717, 1.165) is 15.2 Å². The number of thiazole rings is 1. The third kappa shape index (κ3) is 4.17. The number of hydrogen-bond donors (Lipinski definition) is 2. The summed E-state index contributed by atoms with van der Waals surface area (Å²) >= 11 is 1.62. The summed E-state index contributed by atoms with van der Waals surface area (Å²) in [5.74, 6) is -0.177. The third-order valence-electron chi connectivity index (χ3n) is 3.39. The molecule has 122 valence electrons. The molecule has 24 heavy (non-hydrogen) atoms. The van der Waals surface area contributed by atoms with E-state index in [1.54, 1.807) is 35.6 Å². The lowest BCUT2D eigenvalue weighted by molar-refractivity contribution is -0.116. The number of carbonyl (C=O) groups excluding carboxylic acids is 2. The highest BCUT2D eigenvalue weighted by atomic mass is 32.1. The van der Waals surface area contributed by atoms with Crippen LogP contribution in [0.15, 0.2) is 48.5 Å². The number of aromatic nitrogens is 1. The van der Waals surface area contributed by atoms with Crippen molar-refractivity contribution in [2.45, 2.75) is 19.8 Å². The van der Waals surface area contributed by atoms with Crippen molar-refractivity contribution in [3.8, 4) is 0 Å². The van der Waals surface area contributed by atoms with Gasteiger partial charge in [0.2, 0.25) is 11.8 Å². The Morgan fingerprint density at radius 3 is 2.33 bits per heavy atom. The van der Waals surface area contributed by atoms with Gasteiger partial charge in [0.25, 0.3) is 0 Å². The maximum absolute atomic E-state index is 12.1. The summed E-state index contributed by atoms with van der Waals surface area (Å²) < 4.78 is 1.14. The highest BCUT2D eigenvalue weighted by molar-refractivity contribution is 7.18. The van der Waals surface area contributed by atoms with E-state index in [2.05, 4.69) is 15.6 Å². The number of para-hydroxylation sites is 1. The fraction of sp³-hybridized carbons (Fsp3) is 0.167. The van der Waals surface area contributed by atoms with E-state index < -0.39 is 0 Å². The SMILES string of the molecule is CC(=O)Nc1ccc(NC(=O)CCc2nc3ccccc3s2)cc1. The van der Waals surface area contributed by atoms with Gasteiger partial charge in [0.15, 0.2) is 0 Å². The molecule has 0 aliphatic heterocycles. The lowest BCUT2D eigenvalue weighted by Gasteiger charge is -2.06. The molecule has 0 radical (unpaired) electrons. The maximum Gasteiger partial charge on any atom is 0.224 e. The van der Waals surface area contributed by atoms with Crippen LogP contribution in [-0.4, -0.2) is 16.8 Å². The molecule has 0 saturated carbocycles. The number of nitrogens with one attached hydrogen (secondary N) is 2. The first-order chi connectivity index (χ1) is 11.6.